The minimum atomic E-state index is 0.0133. The fourth-order valence-electron chi connectivity index (χ4n) is 4.47. The molecule has 0 saturated carbocycles. The van der Waals surface area contributed by atoms with Gasteiger partial charge in [-0.1, -0.05) is 36.0 Å². The van der Waals surface area contributed by atoms with Crippen molar-refractivity contribution in [2.75, 3.05) is 44.3 Å². The highest BCUT2D eigenvalue weighted by Gasteiger charge is 2.27. The molecule has 2 aromatic carbocycles. The number of hydrogen-bond donors (Lipinski definition) is 1. The zero-order chi connectivity index (χ0) is 22.6. The van der Waals surface area contributed by atoms with Crippen LogP contribution >= 0.6 is 11.8 Å². The molecule has 7 heteroatoms. The molecule has 1 atom stereocenters. The SMILES string of the molecule is Cc1ccc(C(CNC(=O)CCN2c3ccccc3Sc3ccccc32)N2CCOCC2)o1. The number of hydrogen-bond acceptors (Lipinski definition) is 6. The number of morpholine rings is 1. The number of nitrogens with zero attached hydrogens (tertiary/aromatic N) is 2. The highest BCUT2D eigenvalue weighted by atomic mass is 32.2. The number of anilines is 2. The van der Waals surface area contributed by atoms with E-state index in [1.54, 1.807) is 11.8 Å². The van der Waals surface area contributed by atoms with Crippen molar-refractivity contribution in [3.8, 4) is 0 Å². The number of carbonyl (C=O) groups is 1. The summed E-state index contributed by atoms with van der Waals surface area (Å²) in [6, 6.07) is 20.8. The molecule has 3 heterocycles. The number of ether oxygens (including phenoxy) is 1. The number of benzene rings is 2. The summed E-state index contributed by atoms with van der Waals surface area (Å²) in [7, 11) is 0. The van der Waals surface area contributed by atoms with Crippen molar-refractivity contribution in [2.45, 2.75) is 29.2 Å². The van der Waals surface area contributed by atoms with Crippen molar-refractivity contribution in [3.05, 3.63) is 72.2 Å². The van der Waals surface area contributed by atoms with Gasteiger partial charge in [0.2, 0.25) is 5.91 Å². The smallest absolute Gasteiger partial charge is 0.221 e. The van der Waals surface area contributed by atoms with E-state index in [4.69, 9.17) is 9.15 Å². The second-order valence-corrected chi connectivity index (χ2v) is 9.44. The molecular weight excluding hydrogens is 434 g/mol. The van der Waals surface area contributed by atoms with Gasteiger partial charge in [0.1, 0.15) is 11.5 Å². The first kappa shape index (κ1) is 22.1. The van der Waals surface area contributed by atoms with E-state index in [9.17, 15) is 4.79 Å². The molecule has 33 heavy (non-hydrogen) atoms. The third-order valence-electron chi connectivity index (χ3n) is 6.16. The average molecular weight is 464 g/mol. The second kappa shape index (κ2) is 10.0. The van der Waals surface area contributed by atoms with Crippen LogP contribution in [0.25, 0.3) is 0 Å². The fraction of sp³-hybridized carbons (Fsp3) is 0.346. The summed E-state index contributed by atoms with van der Waals surface area (Å²) in [6.07, 6.45) is 0.417. The molecule has 2 aliphatic heterocycles. The third-order valence-corrected chi connectivity index (χ3v) is 7.29. The van der Waals surface area contributed by atoms with Crippen molar-refractivity contribution < 1.29 is 13.9 Å². The molecule has 0 spiro atoms. The van der Waals surface area contributed by atoms with Gasteiger partial charge in [0, 0.05) is 42.4 Å². The highest BCUT2D eigenvalue weighted by molar-refractivity contribution is 7.99. The summed E-state index contributed by atoms with van der Waals surface area (Å²) in [5.41, 5.74) is 2.32. The van der Waals surface area contributed by atoms with Gasteiger partial charge in [-0.05, 0) is 43.3 Å². The standard InChI is InChI=1S/C26H29N3O3S/c1-19-10-11-23(32-19)22(28-14-16-31-17-15-28)18-27-26(30)12-13-29-20-6-2-4-8-24(20)33-25-9-5-3-7-21(25)29/h2-11,22H,12-18H2,1H3,(H,27,30). The first-order valence-corrected chi connectivity index (χ1v) is 12.3. The van der Waals surface area contributed by atoms with Crippen LogP contribution in [0.2, 0.25) is 0 Å². The second-order valence-electron chi connectivity index (χ2n) is 8.36. The predicted octanol–water partition coefficient (Wildman–Crippen LogP) is 4.77. The van der Waals surface area contributed by atoms with Crippen LogP contribution < -0.4 is 10.2 Å². The van der Waals surface area contributed by atoms with E-state index in [1.807, 2.05) is 19.1 Å². The molecule has 1 saturated heterocycles. The van der Waals surface area contributed by atoms with Crippen LogP contribution in [0.3, 0.4) is 0 Å². The van der Waals surface area contributed by atoms with Crippen LogP contribution in [0.15, 0.2) is 74.9 Å². The van der Waals surface area contributed by atoms with E-state index in [0.717, 1.165) is 36.0 Å². The zero-order valence-corrected chi connectivity index (χ0v) is 19.6. The number of furan rings is 1. The maximum Gasteiger partial charge on any atom is 0.221 e. The average Bonchev–Trinajstić information content (AvgIpc) is 3.28. The number of fused-ring (bicyclic) bond motifs is 2. The molecule has 172 valence electrons. The predicted molar refractivity (Wildman–Crippen MR) is 130 cm³/mol. The van der Waals surface area contributed by atoms with Crippen molar-refractivity contribution in [1.29, 1.82) is 0 Å². The fourth-order valence-corrected chi connectivity index (χ4v) is 5.56. The maximum absolute atomic E-state index is 12.9. The Morgan fingerprint density at radius 2 is 1.67 bits per heavy atom. The van der Waals surface area contributed by atoms with Gasteiger partial charge in [-0.3, -0.25) is 9.69 Å². The van der Waals surface area contributed by atoms with Gasteiger partial charge in [0.15, 0.2) is 0 Å². The Kier molecular flexibility index (Phi) is 6.71. The molecule has 5 rings (SSSR count). The summed E-state index contributed by atoms with van der Waals surface area (Å²) in [5, 5.41) is 3.16. The van der Waals surface area contributed by atoms with Crippen LogP contribution in [0, 0.1) is 6.92 Å². The van der Waals surface area contributed by atoms with Gasteiger partial charge in [0.05, 0.1) is 30.6 Å². The zero-order valence-electron chi connectivity index (χ0n) is 18.8. The number of nitrogens with one attached hydrogen (secondary N) is 1. The van der Waals surface area contributed by atoms with E-state index >= 15 is 0 Å². The third kappa shape index (κ3) is 4.95. The minimum absolute atomic E-state index is 0.0133. The topological polar surface area (TPSA) is 58.0 Å². The highest BCUT2D eigenvalue weighted by Crippen LogP contribution is 2.47. The molecule has 6 nitrogen and oxygen atoms in total. The molecule has 0 bridgehead atoms. The monoisotopic (exact) mass is 463 g/mol. The number of rotatable bonds is 7. The van der Waals surface area contributed by atoms with Gasteiger partial charge < -0.3 is 19.4 Å². The summed E-state index contributed by atoms with van der Waals surface area (Å²) in [5.74, 6) is 1.82. The van der Waals surface area contributed by atoms with E-state index in [-0.39, 0.29) is 11.9 Å². The van der Waals surface area contributed by atoms with Crippen molar-refractivity contribution in [2.24, 2.45) is 0 Å². The van der Waals surface area contributed by atoms with Crippen LogP contribution in [-0.2, 0) is 9.53 Å². The molecule has 0 aliphatic carbocycles. The minimum Gasteiger partial charge on any atom is -0.465 e. The Balaban J connectivity index is 1.25. The lowest BCUT2D eigenvalue weighted by Gasteiger charge is -2.34. The van der Waals surface area contributed by atoms with E-state index in [1.165, 1.54) is 9.79 Å². The van der Waals surface area contributed by atoms with Crippen LogP contribution in [0.4, 0.5) is 11.4 Å². The number of aryl methyl sites for hydroxylation is 1. The molecule has 3 aromatic rings. The Labute approximate surface area is 198 Å². The molecule has 1 fully saturated rings. The lowest BCUT2D eigenvalue weighted by atomic mass is 10.1. The van der Waals surface area contributed by atoms with Crippen LogP contribution in [0.5, 0.6) is 0 Å². The number of carbonyl (C=O) groups excluding carboxylic acids is 1. The molecular formula is C26H29N3O3S. The largest absolute Gasteiger partial charge is 0.465 e. The van der Waals surface area contributed by atoms with E-state index in [0.29, 0.717) is 32.7 Å². The number of amides is 1. The lowest BCUT2D eigenvalue weighted by Crippen LogP contribution is -2.44. The summed E-state index contributed by atoms with van der Waals surface area (Å²) in [6.45, 7) is 6.17. The lowest BCUT2D eigenvalue weighted by molar-refractivity contribution is -0.121. The first-order valence-electron chi connectivity index (χ1n) is 11.5. The molecule has 1 aromatic heterocycles. The summed E-state index contributed by atoms with van der Waals surface area (Å²) >= 11 is 1.78. The Bertz CT molecular complexity index is 1060. The summed E-state index contributed by atoms with van der Waals surface area (Å²) in [4.78, 5) is 19.9. The van der Waals surface area contributed by atoms with Gasteiger partial charge in [-0.25, -0.2) is 0 Å². The van der Waals surface area contributed by atoms with Crippen molar-refractivity contribution in [1.82, 2.24) is 10.2 Å². The molecule has 2 aliphatic rings. The molecule has 1 amide bonds. The number of para-hydroxylation sites is 2. The van der Waals surface area contributed by atoms with Gasteiger partial charge in [-0.2, -0.15) is 0 Å². The van der Waals surface area contributed by atoms with Gasteiger partial charge in [-0.15, -0.1) is 0 Å². The summed E-state index contributed by atoms with van der Waals surface area (Å²) < 4.78 is 11.4. The Hall–Kier alpha value is -2.74. The molecule has 0 radical (unpaired) electrons. The molecule has 1 unspecified atom stereocenters. The maximum atomic E-state index is 12.9. The van der Waals surface area contributed by atoms with Gasteiger partial charge in [0.25, 0.3) is 0 Å². The Morgan fingerprint density at radius 3 is 2.30 bits per heavy atom. The Morgan fingerprint density at radius 1 is 1.00 bits per heavy atom. The van der Waals surface area contributed by atoms with Crippen molar-refractivity contribution in [3.63, 3.8) is 0 Å². The first-order chi connectivity index (χ1) is 16.2. The van der Waals surface area contributed by atoms with Crippen molar-refractivity contribution >= 4 is 29.0 Å². The van der Waals surface area contributed by atoms with Gasteiger partial charge >= 0.3 is 0 Å². The van der Waals surface area contributed by atoms with Crippen LogP contribution in [0.1, 0.15) is 24.0 Å². The van der Waals surface area contributed by atoms with E-state index < -0.39 is 0 Å². The van der Waals surface area contributed by atoms with Crippen LogP contribution in [-0.4, -0.2) is 50.2 Å². The quantitative estimate of drug-likeness (QED) is 0.545. The molecule has 1 N–H and O–H groups in total. The van der Waals surface area contributed by atoms with E-state index in [2.05, 4.69) is 63.6 Å². The normalized spacial score (nSPS) is 16.7.